The quantitative estimate of drug-likeness (QED) is 0.173. The molecule has 0 N–H and O–H groups in total. The highest BCUT2D eigenvalue weighted by Crippen LogP contribution is 2.49. The molecule has 0 spiro atoms. The van der Waals surface area contributed by atoms with Crippen molar-refractivity contribution >= 4 is 85.8 Å². The fraction of sp³-hybridized carbons (Fsp3) is 0. The van der Waals surface area contributed by atoms with Crippen LogP contribution in [-0.2, 0) is 0 Å². The van der Waals surface area contributed by atoms with Crippen LogP contribution in [0.3, 0.4) is 0 Å². The van der Waals surface area contributed by atoms with Crippen molar-refractivity contribution in [3.63, 3.8) is 0 Å². The highest BCUT2D eigenvalue weighted by Gasteiger charge is 2.22. The molecule has 0 amide bonds. The zero-order valence-corrected chi connectivity index (χ0v) is 27.8. The van der Waals surface area contributed by atoms with Crippen molar-refractivity contribution < 1.29 is 4.42 Å². The second kappa shape index (κ2) is 10.6. The molecule has 0 bridgehead atoms. The smallest absolute Gasteiger partial charge is 0.143 e. The summed E-state index contributed by atoms with van der Waals surface area (Å²) in [5.74, 6) is 0. The fourth-order valence-electron chi connectivity index (χ4n) is 8.35. The van der Waals surface area contributed by atoms with E-state index in [0.717, 1.165) is 22.1 Å². The molecule has 232 valence electrons. The summed E-state index contributed by atoms with van der Waals surface area (Å²) in [6.07, 6.45) is 0. The van der Waals surface area contributed by atoms with Gasteiger partial charge in [-0.1, -0.05) is 146 Å². The van der Waals surface area contributed by atoms with E-state index in [9.17, 15) is 0 Å². The molecule has 2 heteroatoms. The molecule has 0 aliphatic heterocycles. The lowest BCUT2D eigenvalue weighted by Gasteiger charge is -2.18. The number of furan rings is 1. The Bertz CT molecular complexity index is 3100. The lowest BCUT2D eigenvalue weighted by molar-refractivity contribution is 0.670. The SMILES string of the molecule is c1cc(-c2cccc3ccccc23)cc(-c2c3ccccc3c(-c3cccc4c3oc3ccc5sc6ccccc6c5c34)c3ccccc23)c1. The Labute approximate surface area is 292 Å². The molecule has 0 aliphatic rings. The molecule has 2 aromatic heterocycles. The van der Waals surface area contributed by atoms with Gasteiger partial charge in [0.2, 0.25) is 0 Å². The van der Waals surface area contributed by atoms with Crippen LogP contribution in [0.5, 0.6) is 0 Å². The van der Waals surface area contributed by atoms with Gasteiger partial charge in [0.25, 0.3) is 0 Å². The standard InChI is InChI=1S/C48H28OS/c1-2-16-32-29(12-1)13-10-22-33(32)30-14-9-15-31(28-30)44-34-17-3-5-19-36(34)45(37-20-6-4-18-35(37)44)39-23-11-24-40-46-41(49-48(39)40)26-27-43-47(46)38-21-7-8-25-42(38)50-43/h1-28H. The number of para-hydroxylation sites is 1. The Kier molecular flexibility index (Phi) is 5.89. The van der Waals surface area contributed by atoms with Gasteiger partial charge >= 0.3 is 0 Å². The number of fused-ring (bicyclic) bond motifs is 10. The van der Waals surface area contributed by atoms with Crippen LogP contribution in [0, 0.1) is 0 Å². The van der Waals surface area contributed by atoms with Crippen molar-refractivity contribution in [3.8, 4) is 33.4 Å². The summed E-state index contributed by atoms with van der Waals surface area (Å²) >= 11 is 1.85. The lowest BCUT2D eigenvalue weighted by atomic mass is 9.85. The molecule has 11 rings (SSSR count). The molecular formula is C48H28OS. The first-order valence-corrected chi connectivity index (χ1v) is 17.9. The van der Waals surface area contributed by atoms with Crippen LogP contribution >= 0.6 is 11.3 Å². The largest absolute Gasteiger partial charge is 0.455 e. The van der Waals surface area contributed by atoms with Gasteiger partial charge in [0, 0.05) is 42.1 Å². The summed E-state index contributed by atoms with van der Waals surface area (Å²) in [7, 11) is 0. The summed E-state index contributed by atoms with van der Waals surface area (Å²) in [5.41, 5.74) is 9.13. The maximum Gasteiger partial charge on any atom is 0.143 e. The molecule has 0 radical (unpaired) electrons. The Hall–Kier alpha value is -6.22. The van der Waals surface area contributed by atoms with E-state index in [1.54, 1.807) is 0 Å². The second-order valence-electron chi connectivity index (χ2n) is 13.1. The van der Waals surface area contributed by atoms with Gasteiger partial charge in [-0.3, -0.25) is 0 Å². The number of rotatable bonds is 3. The van der Waals surface area contributed by atoms with Crippen molar-refractivity contribution in [1.29, 1.82) is 0 Å². The topological polar surface area (TPSA) is 13.1 Å². The van der Waals surface area contributed by atoms with E-state index in [2.05, 4.69) is 170 Å². The molecule has 50 heavy (non-hydrogen) atoms. The number of hydrogen-bond donors (Lipinski definition) is 0. The lowest BCUT2D eigenvalue weighted by Crippen LogP contribution is -1.91. The van der Waals surface area contributed by atoms with Crippen molar-refractivity contribution in [2.75, 3.05) is 0 Å². The monoisotopic (exact) mass is 652 g/mol. The Morgan fingerprint density at radius 3 is 1.74 bits per heavy atom. The second-order valence-corrected chi connectivity index (χ2v) is 14.2. The third-order valence-corrected chi connectivity index (χ3v) is 11.6. The van der Waals surface area contributed by atoms with Crippen LogP contribution in [-0.4, -0.2) is 0 Å². The molecular weight excluding hydrogens is 625 g/mol. The molecule has 9 aromatic carbocycles. The van der Waals surface area contributed by atoms with Crippen LogP contribution in [0.15, 0.2) is 174 Å². The minimum absolute atomic E-state index is 0.930. The Morgan fingerprint density at radius 2 is 0.940 bits per heavy atom. The van der Waals surface area contributed by atoms with Crippen LogP contribution in [0.2, 0.25) is 0 Å². The third kappa shape index (κ3) is 3.94. The van der Waals surface area contributed by atoms with Gasteiger partial charge in [-0.05, 0) is 78.8 Å². The maximum absolute atomic E-state index is 6.88. The molecule has 11 aromatic rings. The number of thiophene rings is 1. The normalized spacial score (nSPS) is 12.0. The van der Waals surface area contributed by atoms with E-state index < -0.39 is 0 Å². The molecule has 0 saturated heterocycles. The summed E-state index contributed by atoms with van der Waals surface area (Å²) < 4.78 is 9.47. The van der Waals surface area contributed by atoms with Crippen LogP contribution in [0.4, 0.5) is 0 Å². The fourth-order valence-corrected chi connectivity index (χ4v) is 9.46. The van der Waals surface area contributed by atoms with Gasteiger partial charge in [0.05, 0.1) is 0 Å². The molecule has 0 aliphatic carbocycles. The predicted molar refractivity (Wildman–Crippen MR) is 215 cm³/mol. The molecule has 0 atom stereocenters. The van der Waals surface area contributed by atoms with Crippen LogP contribution < -0.4 is 0 Å². The van der Waals surface area contributed by atoms with Crippen molar-refractivity contribution in [2.24, 2.45) is 0 Å². The number of benzene rings is 9. The molecule has 1 nitrogen and oxygen atoms in total. The zero-order chi connectivity index (χ0) is 32.8. The average Bonchev–Trinajstić information content (AvgIpc) is 3.75. The predicted octanol–water partition coefficient (Wildman–Crippen LogP) is 14.4. The first-order valence-electron chi connectivity index (χ1n) is 17.1. The average molecular weight is 653 g/mol. The van der Waals surface area contributed by atoms with Crippen molar-refractivity contribution in [2.45, 2.75) is 0 Å². The van der Waals surface area contributed by atoms with E-state index in [4.69, 9.17) is 4.42 Å². The summed E-state index contributed by atoms with van der Waals surface area (Å²) in [6.45, 7) is 0. The molecule has 0 unspecified atom stereocenters. The van der Waals surface area contributed by atoms with E-state index >= 15 is 0 Å². The van der Waals surface area contributed by atoms with Crippen molar-refractivity contribution in [3.05, 3.63) is 170 Å². The summed E-state index contributed by atoms with van der Waals surface area (Å²) in [4.78, 5) is 0. The van der Waals surface area contributed by atoms with Gasteiger partial charge in [0.1, 0.15) is 11.2 Å². The van der Waals surface area contributed by atoms with E-state index in [1.165, 1.54) is 85.7 Å². The van der Waals surface area contributed by atoms with Gasteiger partial charge in [-0.15, -0.1) is 11.3 Å². The highest BCUT2D eigenvalue weighted by atomic mass is 32.1. The minimum Gasteiger partial charge on any atom is -0.455 e. The summed E-state index contributed by atoms with van der Waals surface area (Å²) in [6, 6.07) is 61.9. The third-order valence-electron chi connectivity index (χ3n) is 10.5. The highest BCUT2D eigenvalue weighted by molar-refractivity contribution is 7.26. The van der Waals surface area contributed by atoms with Crippen LogP contribution in [0.1, 0.15) is 0 Å². The first-order chi connectivity index (χ1) is 24.8. The van der Waals surface area contributed by atoms with Gasteiger partial charge < -0.3 is 4.42 Å². The molecule has 0 fully saturated rings. The Balaban J connectivity index is 1.20. The van der Waals surface area contributed by atoms with Gasteiger partial charge in [-0.2, -0.15) is 0 Å². The van der Waals surface area contributed by atoms with Gasteiger partial charge in [0.15, 0.2) is 0 Å². The number of hydrogen-bond acceptors (Lipinski definition) is 2. The Morgan fingerprint density at radius 1 is 0.360 bits per heavy atom. The minimum atomic E-state index is 0.930. The van der Waals surface area contributed by atoms with E-state index in [1.807, 2.05) is 11.3 Å². The zero-order valence-electron chi connectivity index (χ0n) is 27.0. The van der Waals surface area contributed by atoms with Crippen molar-refractivity contribution in [1.82, 2.24) is 0 Å². The first kappa shape index (κ1) is 27.7. The van der Waals surface area contributed by atoms with Crippen LogP contribution in [0.25, 0.3) is 108 Å². The molecule has 0 saturated carbocycles. The van der Waals surface area contributed by atoms with E-state index in [-0.39, 0.29) is 0 Å². The maximum atomic E-state index is 6.88. The molecule has 2 heterocycles. The summed E-state index contributed by atoms with van der Waals surface area (Å²) in [5, 5.41) is 12.4. The van der Waals surface area contributed by atoms with Gasteiger partial charge in [-0.25, -0.2) is 0 Å². The van der Waals surface area contributed by atoms with E-state index in [0.29, 0.717) is 0 Å².